The Balaban J connectivity index is 1.49. The van der Waals surface area contributed by atoms with E-state index >= 15 is 0 Å². The summed E-state index contributed by atoms with van der Waals surface area (Å²) in [6, 6.07) is 15.5. The van der Waals surface area contributed by atoms with Crippen molar-refractivity contribution in [2.24, 2.45) is 4.99 Å². The van der Waals surface area contributed by atoms with Gasteiger partial charge in [-0.15, -0.1) is 0 Å². The summed E-state index contributed by atoms with van der Waals surface area (Å²) in [6.45, 7) is 7.82. The molecule has 1 saturated heterocycles. The predicted molar refractivity (Wildman–Crippen MR) is 143 cm³/mol. The SMILES string of the molecule is CC1=C(C(=O)OCc2ccccc2)[C@H](c2ccc(C)cc2C)N2C(CC(=O)N3CCCC3)=CSC2=N1. The number of aryl methyl sites for hydroxylation is 2. The molecule has 3 aliphatic heterocycles. The van der Waals surface area contributed by atoms with E-state index in [2.05, 4.69) is 36.9 Å². The zero-order chi connectivity index (χ0) is 25.2. The Kier molecular flexibility index (Phi) is 7.01. The lowest BCUT2D eigenvalue weighted by molar-refractivity contribution is -0.141. The Morgan fingerprint density at radius 2 is 1.81 bits per heavy atom. The molecule has 5 rings (SSSR count). The lowest BCUT2D eigenvalue weighted by Crippen LogP contribution is -2.38. The fraction of sp³-hybridized carbons (Fsp3) is 0.345. The van der Waals surface area contributed by atoms with E-state index in [9.17, 15) is 9.59 Å². The molecule has 3 aliphatic rings. The standard InChI is InChI=1S/C29H31N3O3S/c1-19-11-12-24(20(2)15-19)27-26(28(34)35-17-22-9-5-4-6-10-22)21(3)30-29-32(27)23(18-36-29)16-25(33)31-13-7-8-14-31/h4-6,9-12,15,18,27H,7-8,13-14,16-17H2,1-3H3/t27-/m0/s1. The van der Waals surface area contributed by atoms with Gasteiger partial charge in [0.1, 0.15) is 6.61 Å². The number of ether oxygens (including phenoxy) is 1. The number of allylic oxidation sites excluding steroid dienone is 1. The number of rotatable bonds is 6. The average molecular weight is 502 g/mol. The van der Waals surface area contributed by atoms with Crippen LogP contribution >= 0.6 is 11.8 Å². The number of likely N-dealkylation sites (tertiary alicyclic amines) is 1. The van der Waals surface area contributed by atoms with Gasteiger partial charge in [-0.2, -0.15) is 0 Å². The number of amidine groups is 1. The highest BCUT2D eigenvalue weighted by atomic mass is 32.2. The lowest BCUT2D eigenvalue weighted by atomic mass is 9.90. The van der Waals surface area contributed by atoms with E-state index in [1.54, 1.807) is 0 Å². The number of esters is 1. The molecule has 0 spiro atoms. The Morgan fingerprint density at radius 1 is 1.06 bits per heavy atom. The molecule has 0 aromatic heterocycles. The summed E-state index contributed by atoms with van der Waals surface area (Å²) in [4.78, 5) is 35.5. The quantitative estimate of drug-likeness (QED) is 0.480. The van der Waals surface area contributed by atoms with E-state index in [0.717, 1.165) is 59.0 Å². The monoisotopic (exact) mass is 501 g/mol. The molecule has 6 nitrogen and oxygen atoms in total. The van der Waals surface area contributed by atoms with Crippen molar-refractivity contribution in [1.82, 2.24) is 9.80 Å². The van der Waals surface area contributed by atoms with Crippen molar-refractivity contribution in [3.63, 3.8) is 0 Å². The molecule has 1 amide bonds. The molecular formula is C29H31N3O3S. The third kappa shape index (κ3) is 4.85. The number of aliphatic imine (C=N–C) groups is 1. The van der Waals surface area contributed by atoms with Gasteiger partial charge in [-0.1, -0.05) is 65.9 Å². The van der Waals surface area contributed by atoms with Crippen LogP contribution in [0, 0.1) is 13.8 Å². The number of carbonyl (C=O) groups excluding carboxylic acids is 2. The average Bonchev–Trinajstić information content (AvgIpc) is 3.53. The second-order valence-corrected chi connectivity index (χ2v) is 10.4. The second-order valence-electron chi connectivity index (χ2n) is 9.58. The Morgan fingerprint density at radius 3 is 2.53 bits per heavy atom. The summed E-state index contributed by atoms with van der Waals surface area (Å²) in [5.41, 5.74) is 6.24. The fourth-order valence-electron chi connectivity index (χ4n) is 5.09. The summed E-state index contributed by atoms with van der Waals surface area (Å²) >= 11 is 1.51. The molecule has 0 saturated carbocycles. The van der Waals surface area contributed by atoms with Crippen LogP contribution in [0.3, 0.4) is 0 Å². The number of nitrogens with zero attached hydrogens (tertiary/aromatic N) is 3. The van der Waals surface area contributed by atoms with Gasteiger partial charge in [0.25, 0.3) is 0 Å². The van der Waals surface area contributed by atoms with E-state index in [4.69, 9.17) is 9.73 Å². The highest BCUT2D eigenvalue weighted by Crippen LogP contribution is 2.45. The highest BCUT2D eigenvalue weighted by Gasteiger charge is 2.42. The molecule has 0 N–H and O–H groups in total. The molecule has 7 heteroatoms. The van der Waals surface area contributed by atoms with Crippen LogP contribution in [0.5, 0.6) is 0 Å². The van der Waals surface area contributed by atoms with Gasteiger partial charge in [0.2, 0.25) is 5.91 Å². The van der Waals surface area contributed by atoms with Crippen molar-refractivity contribution >= 4 is 28.8 Å². The van der Waals surface area contributed by atoms with Crippen LogP contribution in [0.25, 0.3) is 0 Å². The summed E-state index contributed by atoms with van der Waals surface area (Å²) in [7, 11) is 0. The van der Waals surface area contributed by atoms with Crippen LogP contribution in [-0.2, 0) is 20.9 Å². The van der Waals surface area contributed by atoms with Crippen LogP contribution in [0.15, 0.2) is 75.9 Å². The van der Waals surface area contributed by atoms with Crippen molar-refractivity contribution in [2.75, 3.05) is 13.1 Å². The molecule has 186 valence electrons. The molecule has 0 radical (unpaired) electrons. The van der Waals surface area contributed by atoms with Crippen LogP contribution in [0.1, 0.15) is 54.5 Å². The molecule has 1 atom stereocenters. The maximum absolute atomic E-state index is 13.6. The Bertz CT molecular complexity index is 1280. The number of thioether (sulfide) groups is 1. The Labute approximate surface area is 216 Å². The van der Waals surface area contributed by atoms with E-state index in [-0.39, 0.29) is 18.5 Å². The van der Waals surface area contributed by atoms with Gasteiger partial charge in [0.15, 0.2) is 5.17 Å². The number of amides is 1. The van der Waals surface area contributed by atoms with E-state index < -0.39 is 6.04 Å². The summed E-state index contributed by atoms with van der Waals surface area (Å²) in [5.74, 6) is -0.259. The first-order valence-electron chi connectivity index (χ1n) is 12.4. The van der Waals surface area contributed by atoms with Gasteiger partial charge in [-0.05, 0) is 55.7 Å². The van der Waals surface area contributed by atoms with Crippen molar-refractivity contribution in [3.8, 4) is 0 Å². The topological polar surface area (TPSA) is 62.2 Å². The molecule has 2 aromatic carbocycles. The molecule has 36 heavy (non-hydrogen) atoms. The zero-order valence-corrected chi connectivity index (χ0v) is 21.8. The van der Waals surface area contributed by atoms with Gasteiger partial charge in [0, 0.05) is 18.8 Å². The van der Waals surface area contributed by atoms with Crippen LogP contribution < -0.4 is 0 Å². The smallest absolute Gasteiger partial charge is 0.338 e. The zero-order valence-electron chi connectivity index (χ0n) is 21.0. The van der Waals surface area contributed by atoms with Gasteiger partial charge in [-0.25, -0.2) is 9.79 Å². The normalized spacial score (nSPS) is 19.2. The first kappa shape index (κ1) is 24.4. The van der Waals surface area contributed by atoms with Gasteiger partial charge < -0.3 is 14.5 Å². The van der Waals surface area contributed by atoms with E-state index in [1.165, 1.54) is 11.8 Å². The van der Waals surface area contributed by atoms with Crippen molar-refractivity contribution in [3.05, 3.63) is 93.2 Å². The number of carbonyl (C=O) groups is 2. The molecule has 0 bridgehead atoms. The highest BCUT2D eigenvalue weighted by molar-refractivity contribution is 8.16. The molecular weight excluding hydrogens is 470 g/mol. The molecule has 0 unspecified atom stereocenters. The van der Waals surface area contributed by atoms with Gasteiger partial charge in [-0.3, -0.25) is 4.79 Å². The minimum atomic E-state index is -0.408. The van der Waals surface area contributed by atoms with E-state index in [1.807, 2.05) is 47.6 Å². The van der Waals surface area contributed by atoms with Crippen molar-refractivity contribution < 1.29 is 14.3 Å². The minimum absolute atomic E-state index is 0.124. The minimum Gasteiger partial charge on any atom is -0.457 e. The first-order chi connectivity index (χ1) is 17.4. The van der Waals surface area contributed by atoms with Gasteiger partial charge in [0.05, 0.1) is 23.7 Å². The molecule has 3 heterocycles. The summed E-state index contributed by atoms with van der Waals surface area (Å²) < 4.78 is 5.81. The van der Waals surface area contributed by atoms with Crippen LogP contribution in [0.2, 0.25) is 0 Å². The van der Waals surface area contributed by atoms with Crippen molar-refractivity contribution in [2.45, 2.75) is 52.7 Å². The molecule has 0 aliphatic carbocycles. The molecule has 1 fully saturated rings. The maximum Gasteiger partial charge on any atom is 0.338 e. The summed E-state index contributed by atoms with van der Waals surface area (Å²) in [6.07, 6.45) is 2.40. The fourth-order valence-corrected chi connectivity index (χ4v) is 6.06. The number of hydrogen-bond acceptors (Lipinski definition) is 6. The van der Waals surface area contributed by atoms with Gasteiger partial charge >= 0.3 is 5.97 Å². The number of fused-ring (bicyclic) bond motifs is 1. The maximum atomic E-state index is 13.6. The van der Waals surface area contributed by atoms with Crippen LogP contribution in [0.4, 0.5) is 0 Å². The van der Waals surface area contributed by atoms with E-state index in [0.29, 0.717) is 17.7 Å². The largest absolute Gasteiger partial charge is 0.457 e. The summed E-state index contributed by atoms with van der Waals surface area (Å²) in [5, 5.41) is 2.80. The molecule has 2 aromatic rings. The van der Waals surface area contributed by atoms with Crippen molar-refractivity contribution in [1.29, 1.82) is 0 Å². The first-order valence-corrected chi connectivity index (χ1v) is 13.3. The predicted octanol–water partition coefficient (Wildman–Crippen LogP) is 5.63. The second kappa shape index (κ2) is 10.3. The Hall–Kier alpha value is -3.32. The lowest BCUT2D eigenvalue weighted by Gasteiger charge is -2.37. The number of hydrogen-bond donors (Lipinski definition) is 0. The van der Waals surface area contributed by atoms with Crippen LogP contribution in [-0.4, -0.2) is 39.9 Å². The third-order valence-electron chi connectivity index (χ3n) is 6.94. The third-order valence-corrected chi connectivity index (χ3v) is 7.83. The number of benzene rings is 2.